The number of aromatic nitrogens is 1. The fourth-order valence-corrected chi connectivity index (χ4v) is 3.24. The lowest BCUT2D eigenvalue weighted by atomic mass is 10.0. The number of aromatic amines is 1. The number of H-pyrrole nitrogens is 1. The molecule has 0 aliphatic rings. The maximum Gasteiger partial charge on any atom is 0.304 e. The van der Waals surface area contributed by atoms with Crippen LogP contribution in [0.25, 0.3) is 0 Å². The van der Waals surface area contributed by atoms with Gasteiger partial charge in [-0.2, -0.15) is 0 Å². The molecule has 3 N–H and O–H groups in total. The third-order valence-electron chi connectivity index (χ3n) is 2.95. The van der Waals surface area contributed by atoms with Crippen LogP contribution in [0.15, 0.2) is 53.7 Å². The van der Waals surface area contributed by atoms with Crippen molar-refractivity contribution in [3.63, 3.8) is 0 Å². The Morgan fingerprint density at radius 3 is 2.52 bits per heavy atom. The van der Waals surface area contributed by atoms with Crippen molar-refractivity contribution in [3.8, 4) is 0 Å². The third kappa shape index (κ3) is 4.44. The quantitative estimate of drug-likeness (QED) is 0.719. The van der Waals surface area contributed by atoms with Gasteiger partial charge < -0.3 is 10.1 Å². The highest BCUT2D eigenvalue weighted by Gasteiger charge is 2.22. The summed E-state index contributed by atoms with van der Waals surface area (Å²) in [5.41, 5.74) is 0.875. The van der Waals surface area contributed by atoms with Gasteiger partial charge in [-0.3, -0.25) is 4.79 Å². The second-order valence-corrected chi connectivity index (χ2v) is 6.37. The van der Waals surface area contributed by atoms with Crippen molar-refractivity contribution < 1.29 is 18.3 Å². The summed E-state index contributed by atoms with van der Waals surface area (Å²) in [6.45, 7) is 0. The molecule has 0 saturated carbocycles. The molecule has 1 atom stereocenters. The Kier molecular flexibility index (Phi) is 4.77. The SMILES string of the molecule is O=C(O)CC(Cc1ccccc1)NS(=O)(=O)c1cc[nH]c1. The zero-order valence-corrected chi connectivity index (χ0v) is 12.0. The number of carboxylic acid groups (broad SMARTS) is 1. The van der Waals surface area contributed by atoms with Crippen molar-refractivity contribution in [3.05, 3.63) is 54.4 Å². The zero-order chi connectivity index (χ0) is 15.3. The number of aliphatic carboxylic acids is 1. The molecule has 0 aliphatic carbocycles. The van der Waals surface area contributed by atoms with Crippen LogP contribution >= 0.6 is 0 Å². The summed E-state index contributed by atoms with van der Waals surface area (Å²) >= 11 is 0. The molecule has 0 bridgehead atoms. The van der Waals surface area contributed by atoms with Crippen molar-refractivity contribution in [2.75, 3.05) is 0 Å². The Bertz CT molecular complexity index is 681. The van der Waals surface area contributed by atoms with Gasteiger partial charge in [0.2, 0.25) is 10.0 Å². The smallest absolute Gasteiger partial charge is 0.304 e. The van der Waals surface area contributed by atoms with Crippen LogP contribution in [0.4, 0.5) is 0 Å². The van der Waals surface area contributed by atoms with Gasteiger partial charge in [-0.1, -0.05) is 30.3 Å². The van der Waals surface area contributed by atoms with Crippen molar-refractivity contribution in [1.82, 2.24) is 9.71 Å². The molecule has 2 rings (SSSR count). The Balaban J connectivity index is 2.15. The maximum atomic E-state index is 12.2. The van der Waals surface area contributed by atoms with Crippen molar-refractivity contribution in [2.24, 2.45) is 0 Å². The minimum atomic E-state index is -3.73. The van der Waals surface area contributed by atoms with Crippen LogP contribution in [-0.2, 0) is 21.2 Å². The van der Waals surface area contributed by atoms with E-state index in [0.29, 0.717) is 6.42 Å². The summed E-state index contributed by atoms with van der Waals surface area (Å²) < 4.78 is 26.7. The molecule has 7 heteroatoms. The first kappa shape index (κ1) is 15.3. The van der Waals surface area contributed by atoms with Crippen LogP contribution in [0.2, 0.25) is 0 Å². The zero-order valence-electron chi connectivity index (χ0n) is 11.2. The van der Waals surface area contributed by atoms with Gasteiger partial charge in [-0.25, -0.2) is 13.1 Å². The first-order chi connectivity index (χ1) is 9.97. The molecule has 1 aromatic carbocycles. The predicted octanol–water partition coefficient (Wildman–Crippen LogP) is 1.38. The average Bonchev–Trinajstić information content (AvgIpc) is 2.93. The summed E-state index contributed by atoms with van der Waals surface area (Å²) in [6, 6.07) is 9.88. The number of sulfonamides is 1. The van der Waals surface area contributed by atoms with Gasteiger partial charge in [-0.05, 0) is 18.1 Å². The van der Waals surface area contributed by atoms with Crippen LogP contribution in [0.5, 0.6) is 0 Å². The predicted molar refractivity (Wildman–Crippen MR) is 77.3 cm³/mol. The van der Waals surface area contributed by atoms with Gasteiger partial charge in [0.15, 0.2) is 0 Å². The number of hydrogen-bond donors (Lipinski definition) is 3. The average molecular weight is 308 g/mol. The van der Waals surface area contributed by atoms with Crippen molar-refractivity contribution >= 4 is 16.0 Å². The first-order valence-electron chi connectivity index (χ1n) is 6.38. The first-order valence-corrected chi connectivity index (χ1v) is 7.86. The summed E-state index contributed by atoms with van der Waals surface area (Å²) in [5, 5.41) is 8.95. The monoisotopic (exact) mass is 308 g/mol. The molecular formula is C14H16N2O4S. The fourth-order valence-electron chi connectivity index (χ4n) is 2.03. The summed E-state index contributed by atoms with van der Waals surface area (Å²) in [7, 11) is -3.73. The van der Waals surface area contributed by atoms with Crippen LogP contribution < -0.4 is 4.72 Å². The van der Waals surface area contributed by atoms with Gasteiger partial charge in [0.25, 0.3) is 0 Å². The topological polar surface area (TPSA) is 99.3 Å². The molecule has 0 aliphatic heterocycles. The normalized spacial score (nSPS) is 13.0. The number of rotatable bonds is 7. The molecule has 0 fully saturated rings. The highest BCUT2D eigenvalue weighted by atomic mass is 32.2. The van der Waals surface area contributed by atoms with E-state index in [4.69, 9.17) is 5.11 Å². The molecule has 1 unspecified atom stereocenters. The molecule has 6 nitrogen and oxygen atoms in total. The Hall–Kier alpha value is -2.12. The van der Waals surface area contributed by atoms with Gasteiger partial charge in [0, 0.05) is 18.4 Å². The highest BCUT2D eigenvalue weighted by molar-refractivity contribution is 7.89. The highest BCUT2D eigenvalue weighted by Crippen LogP contribution is 2.12. The number of benzene rings is 1. The summed E-state index contributed by atoms with van der Waals surface area (Å²) in [5.74, 6) is -1.05. The van der Waals surface area contributed by atoms with E-state index >= 15 is 0 Å². The van der Waals surface area contributed by atoms with Crippen molar-refractivity contribution in [2.45, 2.75) is 23.8 Å². The van der Waals surface area contributed by atoms with E-state index in [-0.39, 0.29) is 11.3 Å². The fraction of sp³-hybridized carbons (Fsp3) is 0.214. The molecule has 0 spiro atoms. The van der Waals surface area contributed by atoms with Crippen LogP contribution in [-0.4, -0.2) is 30.5 Å². The summed E-state index contributed by atoms with van der Waals surface area (Å²) in [4.78, 5) is 13.7. The molecule has 112 valence electrons. The van der Waals surface area contributed by atoms with Crippen LogP contribution in [0.3, 0.4) is 0 Å². The molecule has 21 heavy (non-hydrogen) atoms. The van der Waals surface area contributed by atoms with E-state index in [1.165, 1.54) is 18.5 Å². The van der Waals surface area contributed by atoms with Crippen molar-refractivity contribution in [1.29, 1.82) is 0 Å². The van der Waals surface area contributed by atoms with Crippen LogP contribution in [0.1, 0.15) is 12.0 Å². The molecule has 0 radical (unpaired) electrons. The Morgan fingerprint density at radius 2 is 1.95 bits per heavy atom. The van der Waals surface area contributed by atoms with Gasteiger partial charge >= 0.3 is 5.97 Å². The number of carbonyl (C=O) groups is 1. The molecule has 1 aromatic heterocycles. The lowest BCUT2D eigenvalue weighted by Crippen LogP contribution is -2.37. The molecule has 0 saturated heterocycles. The summed E-state index contributed by atoms with van der Waals surface area (Å²) in [6.07, 6.45) is 2.88. The lowest BCUT2D eigenvalue weighted by molar-refractivity contribution is -0.137. The molecular weight excluding hydrogens is 292 g/mol. The minimum Gasteiger partial charge on any atom is -0.481 e. The number of nitrogens with one attached hydrogen (secondary N) is 2. The van der Waals surface area contributed by atoms with E-state index in [1.54, 1.807) is 0 Å². The Labute approximate surface area is 122 Å². The second-order valence-electron chi connectivity index (χ2n) is 4.65. The minimum absolute atomic E-state index is 0.0888. The van der Waals surface area contributed by atoms with Gasteiger partial charge in [0.1, 0.15) is 0 Å². The number of hydrogen-bond acceptors (Lipinski definition) is 3. The van der Waals surface area contributed by atoms with E-state index in [9.17, 15) is 13.2 Å². The van der Waals surface area contributed by atoms with Gasteiger partial charge in [-0.15, -0.1) is 0 Å². The standard InChI is InChI=1S/C14H16N2O4S/c17-14(18)9-12(8-11-4-2-1-3-5-11)16-21(19,20)13-6-7-15-10-13/h1-7,10,12,15-16H,8-9H2,(H,17,18). The second kappa shape index (κ2) is 6.55. The van der Waals surface area contributed by atoms with E-state index in [0.717, 1.165) is 5.56 Å². The maximum absolute atomic E-state index is 12.2. The van der Waals surface area contributed by atoms with Gasteiger partial charge in [0.05, 0.1) is 11.3 Å². The van der Waals surface area contributed by atoms with E-state index in [1.807, 2.05) is 30.3 Å². The number of carboxylic acids is 1. The molecule has 1 heterocycles. The molecule has 0 amide bonds. The Morgan fingerprint density at radius 1 is 1.24 bits per heavy atom. The van der Waals surface area contributed by atoms with Crippen LogP contribution in [0, 0.1) is 0 Å². The lowest BCUT2D eigenvalue weighted by Gasteiger charge is -2.16. The molecule has 2 aromatic rings. The third-order valence-corrected chi connectivity index (χ3v) is 4.47. The van der Waals surface area contributed by atoms with E-state index < -0.39 is 22.0 Å². The van der Waals surface area contributed by atoms with E-state index in [2.05, 4.69) is 9.71 Å². The largest absolute Gasteiger partial charge is 0.481 e.